The second kappa shape index (κ2) is 10.3. The summed E-state index contributed by atoms with van der Waals surface area (Å²) in [4.78, 5) is 24.8. The number of anilines is 1. The number of imide groups is 1. The summed E-state index contributed by atoms with van der Waals surface area (Å²) >= 11 is 0. The Hall–Kier alpha value is -3.70. The Labute approximate surface area is 184 Å². The highest BCUT2D eigenvalue weighted by Gasteiger charge is 2.36. The molecule has 0 N–H and O–H groups in total. The molecule has 0 heterocycles. The van der Waals surface area contributed by atoms with Gasteiger partial charge in [0.25, 0.3) is 5.91 Å². The SMILES string of the molecule is CN(C)/C(=C\C(=O)N(C=O)c1ccc(OCc2ccc(OC(F)(F)F)cc2)cc1)C(F)(F)F. The molecule has 0 atom stereocenters. The van der Waals surface area contributed by atoms with Gasteiger partial charge in [-0.25, -0.2) is 4.90 Å². The molecule has 12 heteroatoms. The van der Waals surface area contributed by atoms with Crippen molar-refractivity contribution in [3.05, 3.63) is 65.9 Å². The monoisotopic (exact) mass is 476 g/mol. The number of hydrogen-bond acceptors (Lipinski definition) is 5. The molecule has 0 saturated carbocycles. The minimum absolute atomic E-state index is 0.00697. The lowest BCUT2D eigenvalue weighted by Gasteiger charge is -2.21. The molecule has 178 valence electrons. The van der Waals surface area contributed by atoms with Gasteiger partial charge in [0.15, 0.2) is 0 Å². The van der Waals surface area contributed by atoms with Crippen LogP contribution >= 0.6 is 0 Å². The highest BCUT2D eigenvalue weighted by atomic mass is 19.4. The molecule has 2 amide bonds. The number of hydrogen-bond donors (Lipinski definition) is 0. The molecule has 0 radical (unpaired) electrons. The van der Waals surface area contributed by atoms with Crippen LogP contribution in [0.2, 0.25) is 0 Å². The lowest BCUT2D eigenvalue weighted by molar-refractivity contribution is -0.274. The lowest BCUT2D eigenvalue weighted by atomic mass is 10.2. The number of carbonyl (C=O) groups is 2. The zero-order valence-corrected chi connectivity index (χ0v) is 17.3. The van der Waals surface area contributed by atoms with Crippen LogP contribution < -0.4 is 14.4 Å². The average Bonchev–Trinajstić information content (AvgIpc) is 2.71. The Balaban J connectivity index is 2.06. The average molecular weight is 476 g/mol. The molecular weight excluding hydrogens is 458 g/mol. The van der Waals surface area contributed by atoms with E-state index in [1.165, 1.54) is 36.4 Å². The van der Waals surface area contributed by atoms with Gasteiger partial charge in [0, 0.05) is 20.2 Å². The Morgan fingerprint density at radius 1 is 0.909 bits per heavy atom. The van der Waals surface area contributed by atoms with E-state index in [0.717, 1.165) is 26.2 Å². The molecular formula is C21H18F6N2O4. The van der Waals surface area contributed by atoms with Crippen molar-refractivity contribution in [3.8, 4) is 11.5 Å². The second-order valence-corrected chi connectivity index (χ2v) is 6.71. The van der Waals surface area contributed by atoms with Crippen LogP contribution in [-0.4, -0.2) is 43.9 Å². The maximum Gasteiger partial charge on any atom is 0.573 e. The molecule has 6 nitrogen and oxygen atoms in total. The fraction of sp³-hybridized carbons (Fsp3) is 0.238. The first-order valence-corrected chi connectivity index (χ1v) is 9.12. The van der Waals surface area contributed by atoms with Gasteiger partial charge in [-0.15, -0.1) is 13.2 Å². The molecule has 0 spiro atoms. The van der Waals surface area contributed by atoms with Crippen molar-refractivity contribution in [2.24, 2.45) is 0 Å². The number of nitrogens with zero attached hydrogens (tertiary/aromatic N) is 2. The van der Waals surface area contributed by atoms with Crippen molar-refractivity contribution >= 4 is 18.0 Å². The van der Waals surface area contributed by atoms with Gasteiger partial charge in [-0.1, -0.05) is 12.1 Å². The third-order valence-corrected chi connectivity index (χ3v) is 4.05. The smallest absolute Gasteiger partial charge is 0.489 e. The first-order chi connectivity index (χ1) is 15.3. The number of halogens is 6. The van der Waals surface area contributed by atoms with Crippen LogP contribution in [0.4, 0.5) is 32.0 Å². The van der Waals surface area contributed by atoms with Gasteiger partial charge in [0.2, 0.25) is 6.41 Å². The zero-order valence-electron chi connectivity index (χ0n) is 17.3. The number of allylic oxidation sites excluding steroid dienone is 1. The molecule has 33 heavy (non-hydrogen) atoms. The molecule has 2 aromatic carbocycles. The van der Waals surface area contributed by atoms with Gasteiger partial charge in [-0.3, -0.25) is 9.59 Å². The fourth-order valence-corrected chi connectivity index (χ4v) is 2.55. The molecule has 0 fully saturated rings. The predicted octanol–water partition coefficient (Wildman–Crippen LogP) is 4.66. The van der Waals surface area contributed by atoms with Crippen molar-refractivity contribution in [2.75, 3.05) is 19.0 Å². The molecule has 0 aliphatic carbocycles. The van der Waals surface area contributed by atoms with Gasteiger partial charge in [-0.2, -0.15) is 13.2 Å². The van der Waals surface area contributed by atoms with Crippen LogP contribution in [0.15, 0.2) is 60.3 Å². The van der Waals surface area contributed by atoms with Gasteiger partial charge < -0.3 is 14.4 Å². The number of ether oxygens (including phenoxy) is 2. The summed E-state index contributed by atoms with van der Waals surface area (Å²) in [6, 6.07) is 10.3. The Morgan fingerprint density at radius 2 is 1.45 bits per heavy atom. The first kappa shape index (κ1) is 25.6. The van der Waals surface area contributed by atoms with Crippen LogP contribution in [0.3, 0.4) is 0 Å². The van der Waals surface area contributed by atoms with Crippen LogP contribution in [0, 0.1) is 0 Å². The number of amides is 2. The van der Waals surface area contributed by atoms with Crippen molar-refractivity contribution in [2.45, 2.75) is 19.1 Å². The summed E-state index contributed by atoms with van der Waals surface area (Å²) in [6.45, 7) is -0.0114. The molecule has 0 aromatic heterocycles. The molecule has 2 rings (SSSR count). The van der Waals surface area contributed by atoms with E-state index >= 15 is 0 Å². The third kappa shape index (κ3) is 7.74. The molecule has 0 bridgehead atoms. The quantitative estimate of drug-likeness (QED) is 0.315. The van der Waals surface area contributed by atoms with E-state index < -0.39 is 24.1 Å². The van der Waals surface area contributed by atoms with E-state index in [0.29, 0.717) is 21.4 Å². The van der Waals surface area contributed by atoms with Crippen LogP contribution in [0.5, 0.6) is 11.5 Å². The largest absolute Gasteiger partial charge is 0.573 e. The zero-order chi connectivity index (χ0) is 24.8. The molecule has 0 unspecified atom stereocenters. The number of carbonyl (C=O) groups excluding carboxylic acids is 2. The van der Waals surface area contributed by atoms with Crippen LogP contribution in [-0.2, 0) is 16.2 Å². The van der Waals surface area contributed by atoms with Crippen LogP contribution in [0.1, 0.15) is 5.56 Å². The van der Waals surface area contributed by atoms with Crippen molar-refractivity contribution in [1.82, 2.24) is 4.90 Å². The van der Waals surface area contributed by atoms with E-state index in [1.54, 1.807) is 0 Å². The van der Waals surface area contributed by atoms with Gasteiger partial charge in [0.1, 0.15) is 23.8 Å². The fourth-order valence-electron chi connectivity index (χ4n) is 2.55. The van der Waals surface area contributed by atoms with Crippen LogP contribution in [0.25, 0.3) is 0 Å². The summed E-state index contributed by atoms with van der Waals surface area (Å²) in [5.41, 5.74) is -0.690. The van der Waals surface area contributed by atoms with E-state index in [9.17, 15) is 35.9 Å². The Kier molecular flexibility index (Phi) is 7.96. The number of benzene rings is 2. The van der Waals surface area contributed by atoms with Gasteiger partial charge in [0.05, 0.1) is 5.69 Å². The maximum atomic E-state index is 13.0. The number of rotatable bonds is 8. The summed E-state index contributed by atoms with van der Waals surface area (Å²) in [5.74, 6) is -1.29. The van der Waals surface area contributed by atoms with Crippen molar-refractivity contribution < 1.29 is 45.4 Å². The maximum absolute atomic E-state index is 13.0. The Morgan fingerprint density at radius 3 is 1.91 bits per heavy atom. The Bertz CT molecular complexity index is 984. The standard InChI is InChI=1S/C21H18F6N2O4/c1-28(2)18(20(22,23)24)11-19(31)29(13-30)15-5-9-16(10-6-15)32-12-14-3-7-17(8-4-14)33-21(25,26)27/h3-11,13H,12H2,1-2H3/b18-11-. The predicted molar refractivity (Wildman–Crippen MR) is 105 cm³/mol. The second-order valence-electron chi connectivity index (χ2n) is 6.71. The topological polar surface area (TPSA) is 59.1 Å². The minimum Gasteiger partial charge on any atom is -0.489 e. The summed E-state index contributed by atoms with van der Waals surface area (Å²) in [5, 5.41) is 0. The summed E-state index contributed by atoms with van der Waals surface area (Å²) in [6.07, 6.45) is -9.19. The van der Waals surface area contributed by atoms with E-state index in [4.69, 9.17) is 4.74 Å². The van der Waals surface area contributed by atoms with Crippen molar-refractivity contribution in [3.63, 3.8) is 0 Å². The van der Waals surface area contributed by atoms with E-state index in [-0.39, 0.29) is 30.2 Å². The van der Waals surface area contributed by atoms with E-state index in [1.807, 2.05) is 0 Å². The summed E-state index contributed by atoms with van der Waals surface area (Å²) in [7, 11) is 2.22. The highest BCUT2D eigenvalue weighted by molar-refractivity contribution is 6.12. The third-order valence-electron chi connectivity index (χ3n) is 4.05. The number of alkyl halides is 6. The normalized spacial score (nSPS) is 12.2. The van der Waals surface area contributed by atoms with Crippen molar-refractivity contribution in [1.29, 1.82) is 0 Å². The summed E-state index contributed by atoms with van der Waals surface area (Å²) < 4.78 is 84.9. The minimum atomic E-state index is -4.80. The lowest BCUT2D eigenvalue weighted by Crippen LogP contribution is -2.32. The molecule has 2 aromatic rings. The van der Waals surface area contributed by atoms with Gasteiger partial charge in [-0.05, 0) is 42.0 Å². The molecule has 0 aliphatic heterocycles. The first-order valence-electron chi connectivity index (χ1n) is 9.12. The molecule has 0 saturated heterocycles. The highest BCUT2D eigenvalue weighted by Crippen LogP contribution is 2.28. The van der Waals surface area contributed by atoms with Gasteiger partial charge >= 0.3 is 12.5 Å². The van der Waals surface area contributed by atoms with E-state index in [2.05, 4.69) is 4.74 Å². The molecule has 0 aliphatic rings.